The molecule has 25 heavy (non-hydrogen) atoms. The number of halogens is 6. The Balaban J connectivity index is 2.28. The van der Waals surface area contributed by atoms with E-state index in [9.17, 15) is 36.2 Å². The molecule has 1 amide bonds. The molecule has 0 spiro atoms. The van der Waals surface area contributed by atoms with Crippen LogP contribution in [0.1, 0.15) is 15.9 Å². The first-order chi connectivity index (χ1) is 11.5. The van der Waals surface area contributed by atoms with Crippen LogP contribution >= 0.6 is 0 Å². The highest BCUT2D eigenvalue weighted by Crippen LogP contribution is 2.50. The molecule has 0 bridgehead atoms. The Morgan fingerprint density at radius 2 is 1.36 bits per heavy atom. The van der Waals surface area contributed by atoms with Gasteiger partial charge in [-0.05, 0) is 24.3 Å². The minimum Gasteiger partial charge on any atom is -0.369 e. The lowest BCUT2D eigenvalue weighted by Gasteiger charge is -2.32. The maximum atomic E-state index is 12.8. The summed E-state index contributed by atoms with van der Waals surface area (Å²) in [5.41, 5.74) is -6.26. The number of carbonyl (C=O) groups excluding carboxylic acids is 1. The van der Waals surface area contributed by atoms with Crippen molar-refractivity contribution in [2.45, 2.75) is 18.0 Å². The van der Waals surface area contributed by atoms with Crippen molar-refractivity contribution in [1.29, 1.82) is 0 Å². The van der Waals surface area contributed by atoms with E-state index in [0.29, 0.717) is 12.1 Å². The fourth-order valence-corrected chi connectivity index (χ4v) is 1.99. The van der Waals surface area contributed by atoms with Crippen LogP contribution in [0, 0.1) is 0 Å². The summed E-state index contributed by atoms with van der Waals surface area (Å²) in [5.74, 6) is -0.628. The molecule has 4 nitrogen and oxygen atoms in total. The van der Waals surface area contributed by atoms with Gasteiger partial charge in [0.15, 0.2) is 0 Å². The number of hydrogen-bond donors (Lipinski definition) is 2. The molecule has 134 valence electrons. The van der Waals surface area contributed by atoms with Crippen molar-refractivity contribution < 1.29 is 36.2 Å². The number of nitrogens with one attached hydrogen (secondary N) is 1. The molecule has 0 aliphatic rings. The van der Waals surface area contributed by atoms with Gasteiger partial charge in [0.05, 0.1) is 0 Å². The van der Waals surface area contributed by atoms with E-state index < -0.39 is 29.4 Å². The van der Waals surface area contributed by atoms with Gasteiger partial charge in [-0.25, -0.2) is 0 Å². The van der Waals surface area contributed by atoms with Crippen LogP contribution in [0.3, 0.4) is 0 Å². The third kappa shape index (κ3) is 3.58. The van der Waals surface area contributed by atoms with E-state index in [2.05, 4.69) is 10.3 Å². The maximum Gasteiger partial charge on any atom is 0.430 e. The Kier molecular flexibility index (Phi) is 4.76. The fourth-order valence-electron chi connectivity index (χ4n) is 1.99. The van der Waals surface area contributed by atoms with Gasteiger partial charge in [0.25, 0.3) is 11.5 Å². The van der Waals surface area contributed by atoms with E-state index in [1.165, 1.54) is 24.5 Å². The third-order valence-electron chi connectivity index (χ3n) is 3.32. The van der Waals surface area contributed by atoms with Crippen LogP contribution in [-0.2, 0) is 5.60 Å². The molecule has 1 aromatic heterocycles. The SMILES string of the molecule is O=C(Nc1ccc(C(O)(C(F)(F)F)C(F)(F)F)cc1)c1ccncc1. The zero-order valence-corrected chi connectivity index (χ0v) is 12.2. The van der Waals surface area contributed by atoms with Gasteiger partial charge in [-0.2, -0.15) is 26.3 Å². The predicted octanol–water partition coefficient (Wildman–Crippen LogP) is 3.65. The average molecular weight is 364 g/mol. The summed E-state index contributed by atoms with van der Waals surface area (Å²) < 4.78 is 76.6. The number of amides is 1. The number of alkyl halides is 6. The Hall–Kier alpha value is -2.62. The van der Waals surface area contributed by atoms with Crippen LogP contribution in [0.2, 0.25) is 0 Å². The van der Waals surface area contributed by atoms with Crippen molar-refractivity contribution >= 4 is 11.6 Å². The molecular formula is C15H10F6N2O2. The summed E-state index contributed by atoms with van der Waals surface area (Å²) in [6.07, 6.45) is -9.25. The van der Waals surface area contributed by atoms with Crippen LogP contribution < -0.4 is 5.32 Å². The van der Waals surface area contributed by atoms with Gasteiger partial charge in [-0.15, -0.1) is 0 Å². The standard InChI is InChI=1S/C15H10F6N2O2/c16-14(17,18)13(25,15(19,20)21)10-1-3-11(4-2-10)23-12(24)9-5-7-22-8-6-9/h1-8,25H,(H,23,24). The van der Waals surface area contributed by atoms with E-state index in [0.717, 1.165) is 12.1 Å². The number of anilines is 1. The predicted molar refractivity (Wildman–Crippen MR) is 74.6 cm³/mol. The Labute approximate surface area is 137 Å². The quantitative estimate of drug-likeness (QED) is 0.818. The van der Waals surface area contributed by atoms with Gasteiger partial charge in [0, 0.05) is 29.2 Å². The van der Waals surface area contributed by atoms with E-state index in [1.807, 2.05) is 0 Å². The molecule has 2 rings (SSSR count). The summed E-state index contributed by atoms with van der Waals surface area (Å²) in [5, 5.41) is 11.6. The number of rotatable bonds is 3. The topological polar surface area (TPSA) is 62.2 Å². The number of pyridine rings is 1. The first-order valence-electron chi connectivity index (χ1n) is 6.64. The van der Waals surface area contributed by atoms with Crippen molar-refractivity contribution in [3.8, 4) is 0 Å². The molecule has 0 unspecified atom stereocenters. The van der Waals surface area contributed by atoms with Crippen LogP contribution in [0.15, 0.2) is 48.8 Å². The van der Waals surface area contributed by atoms with E-state index in [1.54, 1.807) is 0 Å². The van der Waals surface area contributed by atoms with Crippen molar-refractivity contribution in [2.24, 2.45) is 0 Å². The zero-order chi connectivity index (χ0) is 18.9. The lowest BCUT2D eigenvalue weighted by Crippen LogP contribution is -2.53. The number of nitrogens with zero attached hydrogens (tertiary/aromatic N) is 1. The van der Waals surface area contributed by atoms with Crippen molar-refractivity contribution in [2.75, 3.05) is 5.32 Å². The van der Waals surface area contributed by atoms with Gasteiger partial charge in [0.2, 0.25) is 0 Å². The monoisotopic (exact) mass is 364 g/mol. The molecule has 0 saturated carbocycles. The maximum absolute atomic E-state index is 12.8. The second-order valence-electron chi connectivity index (χ2n) is 4.97. The summed E-state index contributed by atoms with van der Waals surface area (Å²) in [6.45, 7) is 0. The molecule has 0 aliphatic carbocycles. The van der Waals surface area contributed by atoms with Gasteiger partial charge >= 0.3 is 12.4 Å². The van der Waals surface area contributed by atoms with Gasteiger partial charge in [-0.3, -0.25) is 9.78 Å². The minimum absolute atomic E-state index is 0.0442. The Morgan fingerprint density at radius 1 is 0.880 bits per heavy atom. The first-order valence-corrected chi connectivity index (χ1v) is 6.64. The normalized spacial score (nSPS) is 12.8. The summed E-state index contributed by atoms with van der Waals surface area (Å²) in [7, 11) is 0. The van der Waals surface area contributed by atoms with Crippen molar-refractivity contribution in [1.82, 2.24) is 4.98 Å². The molecule has 0 saturated heterocycles. The molecule has 1 aromatic carbocycles. The molecule has 2 aromatic rings. The second kappa shape index (κ2) is 6.36. The Morgan fingerprint density at radius 3 is 1.80 bits per heavy atom. The molecule has 0 aliphatic heterocycles. The second-order valence-corrected chi connectivity index (χ2v) is 4.97. The lowest BCUT2D eigenvalue weighted by atomic mass is 9.92. The molecule has 0 fully saturated rings. The smallest absolute Gasteiger partial charge is 0.369 e. The van der Waals surface area contributed by atoms with Gasteiger partial charge < -0.3 is 10.4 Å². The van der Waals surface area contributed by atoms with Crippen molar-refractivity contribution in [3.63, 3.8) is 0 Å². The largest absolute Gasteiger partial charge is 0.430 e. The summed E-state index contributed by atoms with van der Waals surface area (Å²) >= 11 is 0. The van der Waals surface area contributed by atoms with E-state index >= 15 is 0 Å². The first kappa shape index (κ1) is 18.7. The summed E-state index contributed by atoms with van der Waals surface area (Å²) in [6, 6.07) is 5.30. The third-order valence-corrected chi connectivity index (χ3v) is 3.32. The lowest BCUT2D eigenvalue weighted by molar-refractivity contribution is -0.376. The van der Waals surface area contributed by atoms with Crippen molar-refractivity contribution in [3.05, 3.63) is 59.9 Å². The zero-order valence-electron chi connectivity index (χ0n) is 12.2. The molecule has 0 radical (unpaired) electrons. The highest BCUT2D eigenvalue weighted by molar-refractivity contribution is 6.04. The van der Waals surface area contributed by atoms with E-state index in [4.69, 9.17) is 0 Å². The summed E-state index contributed by atoms with van der Waals surface area (Å²) in [4.78, 5) is 15.6. The van der Waals surface area contributed by atoms with Crippen LogP contribution in [-0.4, -0.2) is 28.4 Å². The minimum atomic E-state index is -5.97. The Bertz CT molecular complexity index is 727. The number of aliphatic hydroxyl groups is 1. The van der Waals surface area contributed by atoms with Crippen LogP contribution in [0.5, 0.6) is 0 Å². The number of aromatic nitrogens is 1. The van der Waals surface area contributed by atoms with Gasteiger partial charge in [0.1, 0.15) is 0 Å². The highest BCUT2D eigenvalue weighted by Gasteiger charge is 2.71. The molecule has 2 N–H and O–H groups in total. The van der Waals surface area contributed by atoms with Crippen LogP contribution in [0.25, 0.3) is 0 Å². The number of hydrogen-bond acceptors (Lipinski definition) is 3. The van der Waals surface area contributed by atoms with Gasteiger partial charge in [-0.1, -0.05) is 12.1 Å². The molecule has 1 heterocycles. The number of benzene rings is 1. The molecular weight excluding hydrogens is 354 g/mol. The molecule has 0 atom stereocenters. The highest BCUT2D eigenvalue weighted by atomic mass is 19.4. The number of carbonyl (C=O) groups is 1. The van der Waals surface area contributed by atoms with E-state index in [-0.39, 0.29) is 11.3 Å². The average Bonchev–Trinajstić information content (AvgIpc) is 2.53. The fraction of sp³-hybridized carbons (Fsp3) is 0.200. The molecule has 10 heteroatoms. The van der Waals surface area contributed by atoms with Crippen LogP contribution in [0.4, 0.5) is 32.0 Å².